The van der Waals surface area contributed by atoms with Gasteiger partial charge in [0.05, 0.1) is 0 Å². The van der Waals surface area contributed by atoms with Crippen LogP contribution >= 0.6 is 40.7 Å². The average Bonchev–Trinajstić information content (AvgIpc) is 2.40. The third-order valence-electron chi connectivity index (χ3n) is 3.47. The van der Waals surface area contributed by atoms with Gasteiger partial charge >= 0.3 is 0 Å². The molecule has 0 aromatic heterocycles. The number of halogens is 4. The highest BCUT2D eigenvalue weighted by Gasteiger charge is 2.23. The maximum atomic E-state index is 13.5. The van der Waals surface area contributed by atoms with Crippen molar-refractivity contribution in [2.75, 3.05) is 26.2 Å². The lowest BCUT2D eigenvalue weighted by Crippen LogP contribution is -2.45. The zero-order valence-electron chi connectivity index (χ0n) is 11.6. The van der Waals surface area contributed by atoms with Crippen LogP contribution in [-0.2, 0) is 0 Å². The van der Waals surface area contributed by atoms with Gasteiger partial charge in [0.1, 0.15) is 5.82 Å². The molecule has 6 heteroatoms. The third-order valence-corrected chi connectivity index (χ3v) is 4.19. The van der Waals surface area contributed by atoms with Gasteiger partial charge in [-0.2, -0.15) is 0 Å². The summed E-state index contributed by atoms with van der Waals surface area (Å²) in [5, 5.41) is 3.36. The number of nitrogens with one attached hydrogen (secondary N) is 1. The van der Waals surface area contributed by atoms with Gasteiger partial charge in [-0.1, -0.05) is 29.3 Å². The highest BCUT2D eigenvalue weighted by molar-refractivity contribution is 9.10. The fraction of sp³-hybridized carbons (Fsp3) is 0.571. The fourth-order valence-electron chi connectivity index (χ4n) is 2.57. The van der Waals surface area contributed by atoms with E-state index >= 15 is 0 Å². The van der Waals surface area contributed by atoms with Gasteiger partial charge in [-0.3, -0.25) is 4.90 Å². The summed E-state index contributed by atoms with van der Waals surface area (Å²) in [4.78, 5) is 2.46. The molecule has 2 nitrogen and oxygen atoms in total. The zero-order valence-corrected chi connectivity index (χ0v) is 14.8. The van der Waals surface area contributed by atoms with Crippen molar-refractivity contribution in [1.82, 2.24) is 10.2 Å². The number of hydrogen-bond donors (Lipinski definition) is 1. The Kier molecular flexibility index (Phi) is 10.0. The summed E-state index contributed by atoms with van der Waals surface area (Å²) in [5.41, 5.74) is 1.08. The molecule has 1 atom stereocenters. The monoisotopic (exact) mass is 386 g/mol. The molecule has 116 valence electrons. The molecule has 0 radical (unpaired) electrons. The number of rotatable bonds is 4. The predicted octanol–water partition coefficient (Wildman–Crippen LogP) is 4.18. The van der Waals surface area contributed by atoms with Crippen LogP contribution in [0, 0.1) is 5.82 Å². The van der Waals surface area contributed by atoms with Gasteiger partial charge in [0.2, 0.25) is 0 Å². The molecule has 0 unspecified atom stereocenters. The Morgan fingerprint density at radius 3 is 2.55 bits per heavy atom. The topological polar surface area (TPSA) is 15.3 Å². The zero-order chi connectivity index (χ0) is 13.0. The van der Waals surface area contributed by atoms with E-state index in [0.717, 1.165) is 49.1 Å². The van der Waals surface area contributed by atoms with E-state index in [9.17, 15) is 4.39 Å². The van der Waals surface area contributed by atoms with Gasteiger partial charge in [0.25, 0.3) is 0 Å². The first-order valence-electron chi connectivity index (χ1n) is 6.62. The van der Waals surface area contributed by atoms with Crippen LogP contribution in [0.25, 0.3) is 0 Å². The fourth-order valence-corrected chi connectivity index (χ4v) is 3.08. The van der Waals surface area contributed by atoms with Crippen LogP contribution in [0.2, 0.25) is 0 Å². The Morgan fingerprint density at radius 1 is 1.30 bits per heavy atom. The van der Waals surface area contributed by atoms with Crippen LogP contribution in [0.15, 0.2) is 22.7 Å². The molecule has 20 heavy (non-hydrogen) atoms. The van der Waals surface area contributed by atoms with Crippen molar-refractivity contribution in [3.8, 4) is 0 Å². The Hall–Kier alpha value is 0.130. The molecule has 2 rings (SSSR count). The first kappa shape index (κ1) is 20.1. The molecule has 0 aliphatic carbocycles. The number of nitrogens with zero attached hydrogens (tertiary/aromatic N) is 1. The molecule has 0 saturated carbocycles. The van der Waals surface area contributed by atoms with Gasteiger partial charge < -0.3 is 5.32 Å². The molecular weight excluding hydrogens is 366 g/mol. The lowest BCUT2D eigenvalue weighted by Gasteiger charge is -2.35. The van der Waals surface area contributed by atoms with Crippen molar-refractivity contribution in [2.45, 2.75) is 25.8 Å². The molecule has 1 aliphatic heterocycles. The molecule has 1 heterocycles. The molecular formula is C14H22BrCl2FN2. The van der Waals surface area contributed by atoms with Crippen molar-refractivity contribution >= 4 is 40.7 Å². The minimum Gasteiger partial charge on any atom is -0.314 e. The van der Waals surface area contributed by atoms with Gasteiger partial charge in [0.15, 0.2) is 0 Å². The summed E-state index contributed by atoms with van der Waals surface area (Å²) in [5.74, 6) is -0.149. The Morgan fingerprint density at radius 2 is 1.95 bits per heavy atom. The van der Waals surface area contributed by atoms with Crippen molar-refractivity contribution in [1.29, 1.82) is 0 Å². The van der Waals surface area contributed by atoms with Crippen LogP contribution in [0.4, 0.5) is 4.39 Å². The third kappa shape index (κ3) is 5.15. The molecule has 1 saturated heterocycles. The van der Waals surface area contributed by atoms with Crippen LogP contribution in [0.5, 0.6) is 0 Å². The highest BCUT2D eigenvalue weighted by atomic mass is 79.9. The van der Waals surface area contributed by atoms with Gasteiger partial charge in [-0.05, 0) is 30.2 Å². The minimum atomic E-state index is -0.149. The van der Waals surface area contributed by atoms with E-state index in [2.05, 4.69) is 33.1 Å². The SMILES string of the molecule is CCC[C@@H](c1cc(F)ccc1Br)N1CCNCC1.Cl.Cl. The molecule has 0 spiro atoms. The molecule has 1 aliphatic rings. The number of hydrogen-bond acceptors (Lipinski definition) is 2. The van der Waals surface area contributed by atoms with Crippen molar-refractivity contribution in [3.05, 3.63) is 34.1 Å². The van der Waals surface area contributed by atoms with E-state index in [0.29, 0.717) is 6.04 Å². The second kappa shape index (κ2) is 9.96. The quantitative estimate of drug-likeness (QED) is 0.833. The Bertz CT molecular complexity index is 401. The second-order valence-corrected chi connectivity index (χ2v) is 5.61. The molecule has 1 aromatic rings. The van der Waals surface area contributed by atoms with Crippen molar-refractivity contribution < 1.29 is 4.39 Å². The second-order valence-electron chi connectivity index (χ2n) is 4.76. The maximum absolute atomic E-state index is 13.5. The van der Waals surface area contributed by atoms with E-state index in [1.807, 2.05) is 6.07 Å². The summed E-state index contributed by atoms with van der Waals surface area (Å²) < 4.78 is 14.5. The van der Waals surface area contributed by atoms with E-state index in [1.165, 1.54) is 6.07 Å². The van der Waals surface area contributed by atoms with E-state index < -0.39 is 0 Å². The molecule has 1 aromatic carbocycles. The Labute approximate surface area is 141 Å². The summed E-state index contributed by atoms with van der Waals surface area (Å²) in [6.45, 7) is 6.30. The van der Waals surface area contributed by atoms with Gasteiger partial charge in [-0.15, -0.1) is 24.8 Å². The van der Waals surface area contributed by atoms with Gasteiger partial charge in [-0.25, -0.2) is 4.39 Å². The summed E-state index contributed by atoms with van der Waals surface area (Å²) in [6.07, 6.45) is 2.18. The molecule has 0 bridgehead atoms. The molecule has 1 fully saturated rings. The predicted molar refractivity (Wildman–Crippen MR) is 90.7 cm³/mol. The molecule has 0 amide bonds. The highest BCUT2D eigenvalue weighted by Crippen LogP contribution is 2.32. The maximum Gasteiger partial charge on any atom is 0.123 e. The van der Waals surface area contributed by atoms with Crippen LogP contribution < -0.4 is 5.32 Å². The lowest BCUT2D eigenvalue weighted by molar-refractivity contribution is 0.164. The summed E-state index contributed by atoms with van der Waals surface area (Å²) in [7, 11) is 0. The van der Waals surface area contributed by atoms with E-state index in [1.54, 1.807) is 6.07 Å². The summed E-state index contributed by atoms with van der Waals surface area (Å²) >= 11 is 3.56. The van der Waals surface area contributed by atoms with E-state index in [-0.39, 0.29) is 30.6 Å². The number of piperazine rings is 1. The van der Waals surface area contributed by atoms with Crippen LogP contribution in [0.3, 0.4) is 0 Å². The Balaban J connectivity index is 0.00000180. The first-order chi connectivity index (χ1) is 8.72. The normalized spacial score (nSPS) is 16.9. The smallest absolute Gasteiger partial charge is 0.123 e. The minimum absolute atomic E-state index is 0. The first-order valence-corrected chi connectivity index (χ1v) is 7.41. The summed E-state index contributed by atoms with van der Waals surface area (Å²) in [6, 6.07) is 5.32. The van der Waals surface area contributed by atoms with Gasteiger partial charge in [0, 0.05) is 36.7 Å². The largest absolute Gasteiger partial charge is 0.314 e. The van der Waals surface area contributed by atoms with E-state index in [4.69, 9.17) is 0 Å². The van der Waals surface area contributed by atoms with Crippen LogP contribution in [-0.4, -0.2) is 31.1 Å². The lowest BCUT2D eigenvalue weighted by atomic mass is 10.00. The van der Waals surface area contributed by atoms with Crippen molar-refractivity contribution in [3.63, 3.8) is 0 Å². The van der Waals surface area contributed by atoms with Crippen LogP contribution in [0.1, 0.15) is 31.4 Å². The average molecular weight is 388 g/mol. The van der Waals surface area contributed by atoms with Crippen molar-refractivity contribution in [2.24, 2.45) is 0 Å². The number of benzene rings is 1. The standard InChI is InChI=1S/C14H20BrFN2.2ClH/c1-2-3-14(18-8-6-17-7-9-18)12-10-11(16)4-5-13(12)15;;/h4-5,10,14,17H,2-3,6-9H2,1H3;2*1H/t14-;;/m0../s1. The molecule has 1 N–H and O–H groups in total.